The molecule has 9 nitrogen and oxygen atoms in total. The Bertz CT molecular complexity index is 1430. The summed E-state index contributed by atoms with van der Waals surface area (Å²) in [5, 5.41) is 5.68. The van der Waals surface area contributed by atoms with Crippen molar-refractivity contribution in [1.82, 2.24) is 19.8 Å². The molecule has 2 amide bonds. The first-order chi connectivity index (χ1) is 18.9. The van der Waals surface area contributed by atoms with Crippen LogP contribution in [0.3, 0.4) is 0 Å². The molecule has 13 heteroatoms. The zero-order valence-corrected chi connectivity index (χ0v) is 22.8. The van der Waals surface area contributed by atoms with E-state index in [9.17, 15) is 31.2 Å². The Kier molecular flexibility index (Phi) is 7.45. The van der Waals surface area contributed by atoms with Gasteiger partial charge in [0, 0.05) is 18.2 Å². The number of ether oxygens (including phenoxy) is 1. The Morgan fingerprint density at radius 1 is 1.18 bits per heavy atom. The number of aromatic nitrogens is 2. The highest BCUT2D eigenvalue weighted by Crippen LogP contribution is 2.48. The van der Waals surface area contributed by atoms with E-state index in [1.54, 1.807) is 10.9 Å². The van der Waals surface area contributed by atoms with Gasteiger partial charge in [0.25, 0.3) is 11.8 Å². The maximum absolute atomic E-state index is 14.9. The number of carbonyl (C=O) groups excluding carboxylic acids is 2. The molecule has 0 saturated heterocycles. The Labute approximate surface area is 230 Å². The molecule has 40 heavy (non-hydrogen) atoms. The number of sulfonamides is 1. The molecule has 2 N–H and O–H groups in total. The second-order valence-electron chi connectivity index (χ2n) is 10.6. The number of benzene rings is 1. The largest absolute Gasteiger partial charge is 0.494 e. The summed E-state index contributed by atoms with van der Waals surface area (Å²) in [6, 6.07) is 6.82. The summed E-state index contributed by atoms with van der Waals surface area (Å²) in [5.41, 5.74) is -4.09. The van der Waals surface area contributed by atoms with Crippen molar-refractivity contribution in [3.05, 3.63) is 53.4 Å². The van der Waals surface area contributed by atoms with Crippen molar-refractivity contribution in [1.29, 1.82) is 0 Å². The van der Waals surface area contributed by atoms with E-state index in [1.807, 2.05) is 17.0 Å². The smallest absolute Gasteiger partial charge is 0.416 e. The van der Waals surface area contributed by atoms with Crippen molar-refractivity contribution in [3.63, 3.8) is 0 Å². The normalized spacial score (nSPS) is 22.1. The number of hydrogen-bond acceptors (Lipinski definition) is 6. The Balaban J connectivity index is 1.57. The lowest BCUT2D eigenvalue weighted by atomic mass is 9.77. The van der Waals surface area contributed by atoms with Gasteiger partial charge in [-0.25, -0.2) is 13.1 Å². The van der Waals surface area contributed by atoms with Crippen molar-refractivity contribution in [3.8, 4) is 5.75 Å². The van der Waals surface area contributed by atoms with E-state index in [0.29, 0.717) is 25.2 Å². The number of carbonyl (C=O) groups is 2. The van der Waals surface area contributed by atoms with Gasteiger partial charge in [0.05, 0.1) is 23.6 Å². The number of rotatable bonds is 10. The lowest BCUT2D eigenvalue weighted by Gasteiger charge is -2.41. The molecule has 2 aliphatic carbocycles. The van der Waals surface area contributed by atoms with E-state index < -0.39 is 50.8 Å². The van der Waals surface area contributed by atoms with Crippen LogP contribution < -0.4 is 14.8 Å². The van der Waals surface area contributed by atoms with Gasteiger partial charge in [-0.15, -0.1) is 0 Å². The van der Waals surface area contributed by atoms with Crippen molar-refractivity contribution in [2.75, 3.05) is 6.61 Å². The minimum Gasteiger partial charge on any atom is -0.494 e. The predicted octanol–water partition coefficient (Wildman–Crippen LogP) is 4.13. The Morgan fingerprint density at radius 3 is 2.45 bits per heavy atom. The fourth-order valence-electron chi connectivity index (χ4n) is 4.92. The Morgan fingerprint density at radius 2 is 1.88 bits per heavy atom. The van der Waals surface area contributed by atoms with Gasteiger partial charge in [0.15, 0.2) is 5.54 Å². The van der Waals surface area contributed by atoms with Crippen molar-refractivity contribution < 1.29 is 35.9 Å². The highest BCUT2D eigenvalue weighted by atomic mass is 32.2. The minimum atomic E-state index is -4.98. The van der Waals surface area contributed by atoms with Crippen LogP contribution in [0.1, 0.15) is 75.6 Å². The van der Waals surface area contributed by atoms with E-state index in [0.717, 1.165) is 32.1 Å². The van der Waals surface area contributed by atoms with Crippen molar-refractivity contribution in [2.45, 2.75) is 81.3 Å². The Hall–Kier alpha value is -3.35. The lowest BCUT2D eigenvalue weighted by Crippen LogP contribution is -2.60. The van der Waals surface area contributed by atoms with Crippen LogP contribution in [0.5, 0.6) is 5.75 Å². The molecule has 2 fully saturated rings. The van der Waals surface area contributed by atoms with Gasteiger partial charge in [-0.2, -0.15) is 18.3 Å². The van der Waals surface area contributed by atoms with Crippen LogP contribution in [0.25, 0.3) is 5.57 Å². The number of alkyl halides is 3. The fraction of sp³-hybridized carbons (Fsp3) is 0.519. The number of halogens is 3. The molecule has 1 aromatic heterocycles. The van der Waals surface area contributed by atoms with Crippen LogP contribution in [0.15, 0.2) is 42.1 Å². The third-order valence-electron chi connectivity index (χ3n) is 7.69. The van der Waals surface area contributed by atoms with E-state index in [2.05, 4.69) is 5.10 Å². The summed E-state index contributed by atoms with van der Waals surface area (Å²) in [6.45, 7) is 2.40. The second kappa shape index (κ2) is 10.6. The summed E-state index contributed by atoms with van der Waals surface area (Å²) in [6.07, 6.45) is 0.879. The SMILES string of the molecule is CCCCOc1ccc([C@]2(C(F)(F)F)CC(c3ccn(C4CCC4)n3)=C(C(=O)NS(=O)(=O)C3CC3)C(=O)N2)cc1. The number of unbranched alkanes of at least 4 members (excludes halogenated alkanes) is 1. The zero-order chi connectivity index (χ0) is 28.7. The van der Waals surface area contributed by atoms with Gasteiger partial charge < -0.3 is 10.1 Å². The second-order valence-corrected chi connectivity index (χ2v) is 12.5. The molecule has 2 aromatic rings. The molecule has 3 aliphatic rings. The standard InChI is InChI=1S/C27H31F3N4O5S/c1-2-3-15-39-19-9-7-17(8-10-19)26(27(28,29)30)16-21(22-13-14-34(32-22)18-5-4-6-18)23(24(35)31-26)25(36)33-40(37,38)20-11-12-20/h7-10,13-14,18,20H,2-6,11-12,15-16H2,1H3,(H,31,35)(H,33,36)/t26-/m0/s1. The molecule has 2 heterocycles. The summed E-state index contributed by atoms with van der Waals surface area (Å²) >= 11 is 0. The molecule has 0 unspecified atom stereocenters. The summed E-state index contributed by atoms with van der Waals surface area (Å²) in [7, 11) is -4.07. The van der Waals surface area contributed by atoms with Crippen LogP contribution in [0.2, 0.25) is 0 Å². The van der Waals surface area contributed by atoms with E-state index in [4.69, 9.17) is 4.74 Å². The number of hydrogen-bond donors (Lipinski definition) is 2. The molecular weight excluding hydrogens is 549 g/mol. The monoisotopic (exact) mass is 580 g/mol. The first-order valence-electron chi connectivity index (χ1n) is 13.4. The molecule has 0 spiro atoms. The lowest BCUT2D eigenvalue weighted by molar-refractivity contribution is -0.202. The molecule has 0 radical (unpaired) electrons. The minimum absolute atomic E-state index is 0.0175. The third kappa shape index (κ3) is 5.35. The van der Waals surface area contributed by atoms with Crippen LogP contribution >= 0.6 is 0 Å². The predicted molar refractivity (Wildman–Crippen MR) is 139 cm³/mol. The van der Waals surface area contributed by atoms with E-state index in [1.165, 1.54) is 30.3 Å². The van der Waals surface area contributed by atoms with Gasteiger partial charge in [-0.1, -0.05) is 25.5 Å². The number of nitrogens with zero attached hydrogens (tertiary/aromatic N) is 2. The molecular formula is C27H31F3N4O5S. The van der Waals surface area contributed by atoms with Crippen LogP contribution in [-0.4, -0.2) is 48.0 Å². The van der Waals surface area contributed by atoms with Gasteiger partial charge in [0.1, 0.15) is 11.3 Å². The molecule has 1 aliphatic heterocycles. The topological polar surface area (TPSA) is 119 Å². The fourth-order valence-corrected chi connectivity index (χ4v) is 6.21. The third-order valence-corrected chi connectivity index (χ3v) is 9.51. The van der Waals surface area contributed by atoms with Gasteiger partial charge in [-0.05, 0) is 62.3 Å². The average molecular weight is 581 g/mol. The molecule has 216 valence electrons. The van der Waals surface area contributed by atoms with Crippen LogP contribution in [0, 0.1) is 0 Å². The highest BCUT2D eigenvalue weighted by molar-refractivity contribution is 7.91. The van der Waals surface area contributed by atoms with Crippen LogP contribution in [0.4, 0.5) is 13.2 Å². The summed E-state index contributed by atoms with van der Waals surface area (Å²) in [4.78, 5) is 26.6. The van der Waals surface area contributed by atoms with Gasteiger partial charge in [-0.3, -0.25) is 14.3 Å². The molecule has 1 aromatic carbocycles. The summed E-state index contributed by atoms with van der Waals surface area (Å²) < 4.78 is 78.8. The van der Waals surface area contributed by atoms with Gasteiger partial charge in [0.2, 0.25) is 10.0 Å². The van der Waals surface area contributed by atoms with E-state index in [-0.39, 0.29) is 22.9 Å². The van der Waals surface area contributed by atoms with Crippen molar-refractivity contribution in [2.24, 2.45) is 0 Å². The first-order valence-corrected chi connectivity index (χ1v) is 15.0. The van der Waals surface area contributed by atoms with Gasteiger partial charge >= 0.3 is 6.18 Å². The van der Waals surface area contributed by atoms with Crippen molar-refractivity contribution >= 4 is 27.4 Å². The van der Waals surface area contributed by atoms with Crippen LogP contribution in [-0.2, 0) is 25.2 Å². The molecule has 1 atom stereocenters. The molecule has 5 rings (SSSR count). The number of amides is 2. The quantitative estimate of drug-likeness (QED) is 0.322. The maximum Gasteiger partial charge on any atom is 0.416 e. The zero-order valence-electron chi connectivity index (χ0n) is 22.0. The first kappa shape index (κ1) is 28.2. The van der Waals surface area contributed by atoms with E-state index >= 15 is 0 Å². The maximum atomic E-state index is 14.9. The molecule has 2 saturated carbocycles. The highest BCUT2D eigenvalue weighted by Gasteiger charge is 2.60. The molecule has 0 bridgehead atoms. The average Bonchev–Trinajstić information content (AvgIpc) is 3.62. The summed E-state index contributed by atoms with van der Waals surface area (Å²) in [5.74, 6) is -2.21. The number of nitrogens with one attached hydrogen (secondary N) is 2.